The summed E-state index contributed by atoms with van der Waals surface area (Å²) in [6, 6.07) is 10.0. The van der Waals surface area contributed by atoms with Gasteiger partial charge in [-0.2, -0.15) is 5.26 Å². The molecule has 0 aliphatic carbocycles. The first-order valence-electron chi connectivity index (χ1n) is 5.07. The second-order valence-electron chi connectivity index (χ2n) is 3.61. The number of nitriles is 1. The van der Waals surface area contributed by atoms with Crippen LogP contribution < -0.4 is 5.32 Å². The lowest BCUT2D eigenvalue weighted by Crippen LogP contribution is -2.22. The standard InChI is InChI=1S/C12H15ClN2/c1-10(8-14)9-15-7-6-11-2-4-12(13)5-3-11/h2-5,10,15H,6-7,9H2,1H3. The Bertz CT molecular complexity index is 326. The van der Waals surface area contributed by atoms with Crippen molar-refractivity contribution in [3.05, 3.63) is 34.9 Å². The Balaban J connectivity index is 2.21. The third-order valence-corrected chi connectivity index (χ3v) is 2.43. The molecule has 15 heavy (non-hydrogen) atoms. The Morgan fingerprint density at radius 1 is 1.40 bits per heavy atom. The Hall–Kier alpha value is -1.04. The number of hydrogen-bond acceptors (Lipinski definition) is 2. The Morgan fingerprint density at radius 2 is 2.07 bits per heavy atom. The van der Waals surface area contributed by atoms with Crippen molar-refractivity contribution in [3.63, 3.8) is 0 Å². The molecule has 0 aliphatic rings. The molecule has 0 saturated heterocycles. The van der Waals surface area contributed by atoms with Crippen molar-refractivity contribution in [3.8, 4) is 6.07 Å². The van der Waals surface area contributed by atoms with Gasteiger partial charge in [0.2, 0.25) is 0 Å². The van der Waals surface area contributed by atoms with Gasteiger partial charge in [0.25, 0.3) is 0 Å². The van der Waals surface area contributed by atoms with Crippen molar-refractivity contribution < 1.29 is 0 Å². The smallest absolute Gasteiger partial charge is 0.0666 e. The minimum Gasteiger partial charge on any atom is -0.315 e. The molecule has 0 amide bonds. The van der Waals surface area contributed by atoms with Gasteiger partial charge in [-0.05, 0) is 37.6 Å². The summed E-state index contributed by atoms with van der Waals surface area (Å²) in [5, 5.41) is 12.6. The maximum absolute atomic E-state index is 8.58. The van der Waals surface area contributed by atoms with E-state index < -0.39 is 0 Å². The van der Waals surface area contributed by atoms with Crippen molar-refractivity contribution in [2.24, 2.45) is 5.92 Å². The van der Waals surface area contributed by atoms with Gasteiger partial charge >= 0.3 is 0 Å². The van der Waals surface area contributed by atoms with Crippen LogP contribution in [0.4, 0.5) is 0 Å². The van der Waals surface area contributed by atoms with Gasteiger partial charge in [-0.3, -0.25) is 0 Å². The van der Waals surface area contributed by atoms with Crippen LogP contribution in [0.5, 0.6) is 0 Å². The van der Waals surface area contributed by atoms with Gasteiger partial charge in [-0.1, -0.05) is 23.7 Å². The van der Waals surface area contributed by atoms with E-state index in [0.29, 0.717) is 0 Å². The SMILES string of the molecule is CC(C#N)CNCCc1ccc(Cl)cc1. The van der Waals surface area contributed by atoms with E-state index in [4.69, 9.17) is 16.9 Å². The zero-order chi connectivity index (χ0) is 11.1. The van der Waals surface area contributed by atoms with Crippen molar-refractivity contribution in [1.29, 1.82) is 5.26 Å². The fraction of sp³-hybridized carbons (Fsp3) is 0.417. The van der Waals surface area contributed by atoms with E-state index in [9.17, 15) is 0 Å². The minimum atomic E-state index is 0.0789. The van der Waals surface area contributed by atoms with Gasteiger partial charge in [0.15, 0.2) is 0 Å². The highest BCUT2D eigenvalue weighted by Gasteiger charge is 1.98. The van der Waals surface area contributed by atoms with Crippen molar-refractivity contribution in [2.45, 2.75) is 13.3 Å². The quantitative estimate of drug-likeness (QED) is 0.778. The predicted octanol–water partition coefficient (Wildman–Crippen LogP) is 2.63. The molecule has 0 bridgehead atoms. The maximum Gasteiger partial charge on any atom is 0.0666 e. The third kappa shape index (κ3) is 4.83. The molecule has 0 spiro atoms. The molecule has 0 fully saturated rings. The van der Waals surface area contributed by atoms with E-state index in [0.717, 1.165) is 24.5 Å². The number of nitrogens with zero attached hydrogens (tertiary/aromatic N) is 1. The number of hydrogen-bond donors (Lipinski definition) is 1. The van der Waals surface area contributed by atoms with Crippen LogP contribution in [-0.2, 0) is 6.42 Å². The fourth-order valence-electron chi connectivity index (χ4n) is 1.25. The summed E-state index contributed by atoms with van der Waals surface area (Å²) in [5.41, 5.74) is 1.26. The summed E-state index contributed by atoms with van der Waals surface area (Å²) < 4.78 is 0. The molecule has 1 atom stereocenters. The zero-order valence-corrected chi connectivity index (χ0v) is 9.59. The highest BCUT2D eigenvalue weighted by Crippen LogP contribution is 2.09. The molecule has 1 N–H and O–H groups in total. The highest BCUT2D eigenvalue weighted by molar-refractivity contribution is 6.30. The molecule has 1 aromatic rings. The second-order valence-corrected chi connectivity index (χ2v) is 4.05. The molecule has 0 saturated carbocycles. The van der Waals surface area contributed by atoms with Gasteiger partial charge in [0.05, 0.1) is 12.0 Å². The first kappa shape index (κ1) is 12.0. The zero-order valence-electron chi connectivity index (χ0n) is 8.83. The molecule has 2 nitrogen and oxygen atoms in total. The Kier molecular flexibility index (Phi) is 5.17. The molecule has 0 heterocycles. The fourth-order valence-corrected chi connectivity index (χ4v) is 1.37. The summed E-state index contributed by atoms with van der Waals surface area (Å²) in [5.74, 6) is 0.0789. The molecule has 1 rings (SSSR count). The summed E-state index contributed by atoms with van der Waals surface area (Å²) in [4.78, 5) is 0. The van der Waals surface area contributed by atoms with E-state index in [-0.39, 0.29) is 5.92 Å². The average molecular weight is 223 g/mol. The molecular weight excluding hydrogens is 208 g/mol. The second kappa shape index (κ2) is 6.44. The number of halogens is 1. The average Bonchev–Trinajstić information content (AvgIpc) is 2.26. The van der Waals surface area contributed by atoms with Gasteiger partial charge in [-0.15, -0.1) is 0 Å². The molecule has 3 heteroatoms. The molecule has 0 aliphatic heterocycles. The summed E-state index contributed by atoms with van der Waals surface area (Å²) in [6.07, 6.45) is 0.968. The first-order chi connectivity index (χ1) is 7.22. The molecule has 0 radical (unpaired) electrons. The van der Waals surface area contributed by atoms with Crippen LogP contribution in [0.25, 0.3) is 0 Å². The Labute approximate surface area is 95.9 Å². The van der Waals surface area contributed by atoms with E-state index in [1.807, 2.05) is 31.2 Å². The highest BCUT2D eigenvalue weighted by atomic mass is 35.5. The van der Waals surface area contributed by atoms with E-state index in [1.165, 1.54) is 5.56 Å². The van der Waals surface area contributed by atoms with Crippen molar-refractivity contribution in [1.82, 2.24) is 5.32 Å². The van der Waals surface area contributed by atoms with Crippen LogP contribution >= 0.6 is 11.6 Å². The molecule has 1 unspecified atom stereocenters. The minimum absolute atomic E-state index is 0.0789. The van der Waals surface area contributed by atoms with Crippen LogP contribution in [0.1, 0.15) is 12.5 Å². The molecule has 0 aromatic heterocycles. The summed E-state index contributed by atoms with van der Waals surface area (Å²) in [6.45, 7) is 3.56. The predicted molar refractivity (Wildman–Crippen MR) is 62.8 cm³/mol. The monoisotopic (exact) mass is 222 g/mol. The van der Waals surface area contributed by atoms with E-state index in [1.54, 1.807) is 0 Å². The van der Waals surface area contributed by atoms with Gasteiger partial charge < -0.3 is 5.32 Å². The summed E-state index contributed by atoms with van der Waals surface area (Å²) in [7, 11) is 0. The molecular formula is C12H15ClN2. The van der Waals surface area contributed by atoms with E-state index >= 15 is 0 Å². The maximum atomic E-state index is 8.58. The van der Waals surface area contributed by atoms with Gasteiger partial charge in [-0.25, -0.2) is 0 Å². The molecule has 1 aromatic carbocycles. The van der Waals surface area contributed by atoms with Gasteiger partial charge in [0.1, 0.15) is 0 Å². The Morgan fingerprint density at radius 3 is 2.67 bits per heavy atom. The van der Waals surface area contributed by atoms with Crippen LogP contribution in [0.15, 0.2) is 24.3 Å². The first-order valence-corrected chi connectivity index (χ1v) is 5.45. The van der Waals surface area contributed by atoms with Crippen LogP contribution in [0.2, 0.25) is 5.02 Å². The van der Waals surface area contributed by atoms with E-state index in [2.05, 4.69) is 11.4 Å². The van der Waals surface area contributed by atoms with Crippen LogP contribution in [0, 0.1) is 17.2 Å². The van der Waals surface area contributed by atoms with Gasteiger partial charge in [0, 0.05) is 11.6 Å². The topological polar surface area (TPSA) is 35.8 Å². The largest absolute Gasteiger partial charge is 0.315 e. The third-order valence-electron chi connectivity index (χ3n) is 2.17. The number of rotatable bonds is 5. The number of nitrogens with one attached hydrogen (secondary N) is 1. The summed E-state index contributed by atoms with van der Waals surface area (Å²) >= 11 is 5.78. The lowest BCUT2D eigenvalue weighted by Gasteiger charge is -2.05. The van der Waals surface area contributed by atoms with Crippen molar-refractivity contribution in [2.75, 3.05) is 13.1 Å². The number of benzene rings is 1. The van der Waals surface area contributed by atoms with Crippen LogP contribution in [-0.4, -0.2) is 13.1 Å². The van der Waals surface area contributed by atoms with Crippen molar-refractivity contribution >= 4 is 11.6 Å². The lowest BCUT2D eigenvalue weighted by atomic mass is 10.1. The normalized spacial score (nSPS) is 12.1. The van der Waals surface area contributed by atoms with Crippen LogP contribution in [0.3, 0.4) is 0 Å². The molecule has 80 valence electrons. The lowest BCUT2D eigenvalue weighted by molar-refractivity contribution is 0.602.